The van der Waals surface area contributed by atoms with Crippen molar-refractivity contribution >= 4 is 11.8 Å². The minimum Gasteiger partial charge on any atom is -0.462 e. The smallest absolute Gasteiger partial charge is 0.306 e. The van der Waals surface area contributed by atoms with Gasteiger partial charge in [0.1, 0.15) is 11.9 Å². The van der Waals surface area contributed by atoms with Crippen LogP contribution in [0.15, 0.2) is 11.6 Å². The summed E-state index contributed by atoms with van der Waals surface area (Å²) in [4.78, 5) is 24.7. The van der Waals surface area contributed by atoms with Gasteiger partial charge in [0, 0.05) is 24.7 Å². The highest BCUT2D eigenvalue weighted by atomic mass is 16.5. The molecule has 6 atom stereocenters. The van der Waals surface area contributed by atoms with Crippen LogP contribution in [0.2, 0.25) is 0 Å². The molecule has 3 heteroatoms. The van der Waals surface area contributed by atoms with Crippen molar-refractivity contribution in [3.8, 4) is 0 Å². The Kier molecular flexibility index (Phi) is 5.48. The maximum Gasteiger partial charge on any atom is 0.306 e. The summed E-state index contributed by atoms with van der Waals surface area (Å²) in [5.41, 5.74) is 1.74. The number of allylic oxidation sites excluding steroid dienone is 1. The molecule has 3 saturated carbocycles. The number of hydrogen-bond acceptors (Lipinski definition) is 3. The zero-order valence-corrected chi connectivity index (χ0v) is 18.1. The van der Waals surface area contributed by atoms with Gasteiger partial charge >= 0.3 is 5.97 Å². The molecule has 0 amide bonds. The van der Waals surface area contributed by atoms with Crippen LogP contribution in [0.5, 0.6) is 0 Å². The molecule has 3 nitrogen and oxygen atoms in total. The Hall–Kier alpha value is -1.12. The largest absolute Gasteiger partial charge is 0.462 e. The minimum atomic E-state index is -0.0475. The van der Waals surface area contributed by atoms with Crippen LogP contribution >= 0.6 is 0 Å². The van der Waals surface area contributed by atoms with Crippen LogP contribution in [-0.4, -0.2) is 17.9 Å². The van der Waals surface area contributed by atoms with Crippen molar-refractivity contribution in [2.45, 2.75) is 104 Å². The molecular formula is C25H38O3. The van der Waals surface area contributed by atoms with Crippen molar-refractivity contribution < 1.29 is 14.3 Å². The van der Waals surface area contributed by atoms with E-state index in [0.717, 1.165) is 64.2 Å². The Morgan fingerprint density at radius 1 is 1.11 bits per heavy atom. The van der Waals surface area contributed by atoms with Gasteiger partial charge < -0.3 is 4.74 Å². The highest BCUT2D eigenvalue weighted by Gasteiger charge is 2.58. The maximum atomic E-state index is 12.5. The summed E-state index contributed by atoms with van der Waals surface area (Å²) in [6.45, 7) is 6.87. The molecule has 28 heavy (non-hydrogen) atoms. The lowest BCUT2D eigenvalue weighted by molar-refractivity contribution is -0.151. The van der Waals surface area contributed by atoms with Gasteiger partial charge in [-0.15, -0.1) is 0 Å². The topological polar surface area (TPSA) is 43.4 Å². The lowest BCUT2D eigenvalue weighted by Gasteiger charge is -2.56. The third kappa shape index (κ3) is 3.27. The average molecular weight is 387 g/mol. The van der Waals surface area contributed by atoms with Crippen LogP contribution < -0.4 is 0 Å². The van der Waals surface area contributed by atoms with Gasteiger partial charge in [-0.3, -0.25) is 9.59 Å². The molecule has 3 fully saturated rings. The fraction of sp³-hybridized carbons (Fsp3) is 0.840. The standard InChI is InChI=1S/C25H38O3/c1-4-5-6-7-23(27)28-18-12-14-24(2)17(16-18)8-9-19-20-10-11-22(26)25(20,3)15-13-21(19)24/h8,18-21H,4-7,9-16H2,1-3H3/t18-,19-,20-,21-,24-,25-/m0/s1. The number of esters is 1. The van der Waals surface area contributed by atoms with Crippen LogP contribution in [0.25, 0.3) is 0 Å². The van der Waals surface area contributed by atoms with Crippen LogP contribution in [0.1, 0.15) is 97.8 Å². The fourth-order valence-electron chi connectivity index (χ4n) is 7.26. The summed E-state index contributed by atoms with van der Waals surface area (Å²) in [7, 11) is 0. The van der Waals surface area contributed by atoms with Gasteiger partial charge in [-0.1, -0.05) is 45.3 Å². The van der Waals surface area contributed by atoms with E-state index in [1.54, 1.807) is 5.57 Å². The van der Waals surface area contributed by atoms with Gasteiger partial charge in [0.15, 0.2) is 0 Å². The van der Waals surface area contributed by atoms with Crippen molar-refractivity contribution in [3.63, 3.8) is 0 Å². The van der Waals surface area contributed by atoms with Gasteiger partial charge in [-0.25, -0.2) is 0 Å². The molecule has 0 unspecified atom stereocenters. The van der Waals surface area contributed by atoms with Crippen molar-refractivity contribution in [2.75, 3.05) is 0 Å². The van der Waals surface area contributed by atoms with E-state index in [0.29, 0.717) is 30.0 Å². The second kappa shape index (κ2) is 7.61. The first-order valence-corrected chi connectivity index (χ1v) is 11.8. The predicted octanol–water partition coefficient (Wildman–Crippen LogP) is 6.01. The van der Waals surface area contributed by atoms with E-state index < -0.39 is 0 Å². The predicted molar refractivity (Wildman–Crippen MR) is 111 cm³/mol. The molecule has 0 N–H and O–H groups in total. The summed E-state index contributed by atoms with van der Waals surface area (Å²) in [5, 5.41) is 0. The second-order valence-corrected chi connectivity index (χ2v) is 10.5. The molecule has 4 aliphatic carbocycles. The number of ketones is 1. The number of carbonyl (C=O) groups excluding carboxylic acids is 2. The van der Waals surface area contributed by atoms with E-state index in [4.69, 9.17) is 4.74 Å². The van der Waals surface area contributed by atoms with Gasteiger partial charge in [0.25, 0.3) is 0 Å². The zero-order chi connectivity index (χ0) is 19.9. The number of unbranched alkanes of at least 4 members (excludes halogenated alkanes) is 2. The quantitative estimate of drug-likeness (QED) is 0.330. The normalized spacial score (nSPS) is 42.2. The molecule has 0 aromatic heterocycles. The van der Waals surface area contributed by atoms with Gasteiger partial charge in [-0.2, -0.15) is 0 Å². The Labute approximate surface area is 170 Å². The molecule has 0 aromatic carbocycles. The number of carbonyl (C=O) groups is 2. The summed E-state index contributed by atoms with van der Waals surface area (Å²) in [5.74, 6) is 2.48. The van der Waals surface area contributed by atoms with Crippen molar-refractivity contribution in [1.29, 1.82) is 0 Å². The number of ether oxygens (including phenoxy) is 1. The minimum absolute atomic E-state index is 0.00533. The van der Waals surface area contributed by atoms with E-state index in [1.807, 2.05) is 0 Å². The molecular weight excluding hydrogens is 348 g/mol. The monoisotopic (exact) mass is 386 g/mol. The molecule has 4 aliphatic rings. The summed E-state index contributed by atoms with van der Waals surface area (Å²) in [6, 6.07) is 0. The highest BCUT2D eigenvalue weighted by Crippen LogP contribution is 2.64. The average Bonchev–Trinajstić information content (AvgIpc) is 2.97. The Morgan fingerprint density at radius 3 is 2.64 bits per heavy atom. The Bertz CT molecular complexity index is 665. The molecule has 0 aromatic rings. The molecule has 0 spiro atoms. The van der Waals surface area contributed by atoms with E-state index in [1.165, 1.54) is 6.42 Å². The third-order valence-corrected chi connectivity index (χ3v) is 9.05. The molecule has 0 saturated heterocycles. The van der Waals surface area contributed by atoms with Gasteiger partial charge in [0.2, 0.25) is 0 Å². The lowest BCUT2D eigenvalue weighted by Crippen LogP contribution is -2.50. The summed E-state index contributed by atoms with van der Waals surface area (Å²) < 4.78 is 5.84. The van der Waals surface area contributed by atoms with E-state index >= 15 is 0 Å². The van der Waals surface area contributed by atoms with E-state index in [2.05, 4.69) is 26.8 Å². The van der Waals surface area contributed by atoms with Crippen molar-refractivity contribution in [3.05, 3.63) is 11.6 Å². The maximum absolute atomic E-state index is 12.5. The van der Waals surface area contributed by atoms with Crippen molar-refractivity contribution in [1.82, 2.24) is 0 Å². The van der Waals surface area contributed by atoms with E-state index in [-0.39, 0.29) is 22.9 Å². The molecule has 0 heterocycles. The number of Topliss-reactive ketones (excluding diaryl/α,β-unsaturated/α-hetero) is 1. The van der Waals surface area contributed by atoms with Crippen LogP contribution in [-0.2, 0) is 14.3 Å². The third-order valence-electron chi connectivity index (χ3n) is 9.05. The first kappa shape index (κ1) is 20.2. The van der Waals surface area contributed by atoms with Gasteiger partial charge in [0.05, 0.1) is 0 Å². The highest BCUT2D eigenvalue weighted by molar-refractivity contribution is 5.87. The second-order valence-electron chi connectivity index (χ2n) is 10.5. The van der Waals surface area contributed by atoms with Crippen LogP contribution in [0.3, 0.4) is 0 Å². The van der Waals surface area contributed by atoms with Gasteiger partial charge in [-0.05, 0) is 68.1 Å². The number of hydrogen-bond donors (Lipinski definition) is 0. The fourth-order valence-corrected chi connectivity index (χ4v) is 7.26. The number of rotatable bonds is 5. The first-order chi connectivity index (χ1) is 13.4. The van der Waals surface area contributed by atoms with Crippen molar-refractivity contribution in [2.24, 2.45) is 28.6 Å². The lowest BCUT2D eigenvalue weighted by atomic mass is 9.48. The molecule has 0 bridgehead atoms. The summed E-state index contributed by atoms with van der Waals surface area (Å²) in [6.07, 6.45) is 14.7. The summed E-state index contributed by atoms with van der Waals surface area (Å²) >= 11 is 0. The Balaban J connectivity index is 1.44. The molecule has 0 radical (unpaired) electrons. The SMILES string of the molecule is CCCCCC(=O)O[C@H]1CC[C@@]2(C)C(=CC[C@@H]3[C@@H]2CC[C@]2(C)C(=O)CC[C@@H]32)C1. The zero-order valence-electron chi connectivity index (χ0n) is 18.1. The Morgan fingerprint density at radius 2 is 1.86 bits per heavy atom. The van der Waals surface area contributed by atoms with Crippen LogP contribution in [0, 0.1) is 28.6 Å². The van der Waals surface area contributed by atoms with E-state index in [9.17, 15) is 9.59 Å². The number of fused-ring (bicyclic) bond motifs is 5. The van der Waals surface area contributed by atoms with Crippen LogP contribution in [0.4, 0.5) is 0 Å². The molecule has 0 aliphatic heterocycles. The first-order valence-electron chi connectivity index (χ1n) is 11.8. The molecule has 4 rings (SSSR count). The molecule has 156 valence electrons.